The maximum absolute atomic E-state index is 12.5. The zero-order valence-electron chi connectivity index (χ0n) is 7.93. The second kappa shape index (κ2) is 3.29. The topological polar surface area (TPSA) is 16.1 Å². The number of hydrogen-bond acceptors (Lipinski definition) is 2. The summed E-state index contributed by atoms with van der Waals surface area (Å²) < 4.78 is 61.9. The fourth-order valence-electron chi connectivity index (χ4n) is 1.43. The van der Waals surface area contributed by atoms with Crippen LogP contribution in [0.5, 0.6) is 0 Å². The van der Waals surface area contributed by atoms with Gasteiger partial charge in [-0.15, -0.1) is 0 Å². The van der Waals surface area contributed by atoms with Gasteiger partial charge in [0.15, 0.2) is 0 Å². The van der Waals surface area contributed by atoms with Crippen LogP contribution in [0.4, 0.5) is 27.8 Å². The average molecular weight is 238 g/mol. The molecule has 2 heterocycles. The van der Waals surface area contributed by atoms with Gasteiger partial charge in [0.2, 0.25) is 0 Å². The number of nitrogens with zero attached hydrogens (tertiary/aromatic N) is 2. The van der Waals surface area contributed by atoms with Crippen molar-refractivity contribution in [2.24, 2.45) is 0 Å². The summed E-state index contributed by atoms with van der Waals surface area (Å²) in [5.74, 6) is -2.89. The van der Waals surface area contributed by atoms with Crippen LogP contribution in [0.1, 0.15) is 5.69 Å². The largest absolute Gasteiger partial charge is 0.433 e. The molecule has 0 atom stereocenters. The van der Waals surface area contributed by atoms with Gasteiger partial charge in [0.1, 0.15) is 11.5 Å². The van der Waals surface area contributed by atoms with E-state index < -0.39 is 30.9 Å². The van der Waals surface area contributed by atoms with Crippen molar-refractivity contribution in [3.8, 4) is 0 Å². The summed E-state index contributed by atoms with van der Waals surface area (Å²) in [6, 6.07) is 3.24. The van der Waals surface area contributed by atoms with Crippen LogP contribution >= 0.6 is 0 Å². The first-order chi connectivity index (χ1) is 7.28. The Morgan fingerprint density at radius 2 is 1.81 bits per heavy atom. The standard InChI is InChI=1S/C9H7F5N2/c10-8(11)4-16(5-8)7-3-1-2-6(15-7)9(12,13)14/h1-3H,4-5H2. The Kier molecular flexibility index (Phi) is 2.28. The number of pyridine rings is 1. The van der Waals surface area contributed by atoms with Crippen molar-refractivity contribution < 1.29 is 22.0 Å². The van der Waals surface area contributed by atoms with Gasteiger partial charge in [-0.3, -0.25) is 0 Å². The number of alkyl halides is 5. The molecule has 1 aliphatic rings. The molecule has 0 saturated carbocycles. The molecule has 1 aromatic rings. The van der Waals surface area contributed by atoms with E-state index in [0.717, 1.165) is 17.0 Å². The molecule has 1 saturated heterocycles. The minimum atomic E-state index is -4.55. The number of aromatic nitrogens is 1. The SMILES string of the molecule is FC1(F)CN(c2cccc(C(F)(F)F)n2)C1. The van der Waals surface area contributed by atoms with E-state index in [-0.39, 0.29) is 5.82 Å². The smallest absolute Gasteiger partial charge is 0.344 e. The molecule has 2 rings (SSSR count). The zero-order chi connectivity index (χ0) is 12.0. The molecule has 16 heavy (non-hydrogen) atoms. The average Bonchev–Trinajstić information content (AvgIpc) is 2.13. The van der Waals surface area contributed by atoms with Gasteiger partial charge in [0.05, 0.1) is 13.1 Å². The summed E-state index contributed by atoms with van der Waals surface area (Å²) >= 11 is 0. The van der Waals surface area contributed by atoms with E-state index in [1.807, 2.05) is 0 Å². The Balaban J connectivity index is 2.18. The monoisotopic (exact) mass is 238 g/mol. The lowest BCUT2D eigenvalue weighted by molar-refractivity contribution is -0.141. The Bertz CT molecular complexity index is 393. The molecule has 0 unspecified atom stereocenters. The number of rotatable bonds is 1. The van der Waals surface area contributed by atoms with Crippen LogP contribution in [0.15, 0.2) is 18.2 Å². The molecule has 0 bridgehead atoms. The highest BCUT2D eigenvalue weighted by Gasteiger charge is 2.45. The molecule has 1 fully saturated rings. The maximum atomic E-state index is 12.5. The number of halogens is 5. The molecule has 7 heteroatoms. The summed E-state index contributed by atoms with van der Waals surface area (Å²) in [6.07, 6.45) is -4.55. The lowest BCUT2D eigenvalue weighted by Gasteiger charge is -2.39. The van der Waals surface area contributed by atoms with E-state index in [1.165, 1.54) is 6.07 Å². The van der Waals surface area contributed by atoms with E-state index in [1.54, 1.807) is 0 Å². The van der Waals surface area contributed by atoms with Crippen LogP contribution in [0.3, 0.4) is 0 Å². The quantitative estimate of drug-likeness (QED) is 0.699. The second-order valence-corrected chi connectivity index (χ2v) is 3.59. The fourth-order valence-corrected chi connectivity index (χ4v) is 1.43. The Morgan fingerprint density at radius 3 is 2.31 bits per heavy atom. The summed E-state index contributed by atoms with van der Waals surface area (Å²) in [4.78, 5) is 4.41. The van der Waals surface area contributed by atoms with E-state index in [4.69, 9.17) is 0 Å². The van der Waals surface area contributed by atoms with Crippen LogP contribution in [-0.2, 0) is 6.18 Å². The molecule has 1 aliphatic heterocycles. The minimum Gasteiger partial charge on any atom is -0.344 e. The predicted molar refractivity (Wildman–Crippen MR) is 46.4 cm³/mol. The molecule has 0 N–H and O–H groups in total. The highest BCUT2D eigenvalue weighted by atomic mass is 19.4. The molecule has 0 aliphatic carbocycles. The predicted octanol–water partition coefficient (Wildman–Crippen LogP) is 2.56. The lowest BCUT2D eigenvalue weighted by Crippen LogP contribution is -2.56. The van der Waals surface area contributed by atoms with Gasteiger partial charge in [0.25, 0.3) is 5.92 Å². The Labute approximate surface area is 87.7 Å². The van der Waals surface area contributed by atoms with Crippen molar-refractivity contribution in [1.29, 1.82) is 0 Å². The third kappa shape index (κ3) is 2.07. The highest BCUT2D eigenvalue weighted by Crippen LogP contribution is 2.33. The molecule has 88 valence electrons. The Hall–Kier alpha value is -1.40. The third-order valence-electron chi connectivity index (χ3n) is 2.19. The van der Waals surface area contributed by atoms with E-state index >= 15 is 0 Å². The van der Waals surface area contributed by atoms with Crippen molar-refractivity contribution in [1.82, 2.24) is 4.98 Å². The van der Waals surface area contributed by atoms with Gasteiger partial charge in [-0.1, -0.05) is 6.07 Å². The molecule has 0 aromatic carbocycles. The van der Waals surface area contributed by atoms with Crippen molar-refractivity contribution >= 4 is 5.82 Å². The molecular formula is C9H7F5N2. The summed E-state index contributed by atoms with van der Waals surface area (Å²) in [6.45, 7) is -1.16. The van der Waals surface area contributed by atoms with E-state index in [9.17, 15) is 22.0 Å². The van der Waals surface area contributed by atoms with Crippen LogP contribution in [0, 0.1) is 0 Å². The van der Waals surface area contributed by atoms with Gasteiger partial charge < -0.3 is 4.90 Å². The molecule has 0 spiro atoms. The summed E-state index contributed by atoms with van der Waals surface area (Å²) in [5.41, 5.74) is -1.07. The van der Waals surface area contributed by atoms with Gasteiger partial charge >= 0.3 is 6.18 Å². The van der Waals surface area contributed by atoms with Crippen LogP contribution in [-0.4, -0.2) is 24.0 Å². The van der Waals surface area contributed by atoms with Crippen molar-refractivity contribution in [2.75, 3.05) is 18.0 Å². The van der Waals surface area contributed by atoms with Gasteiger partial charge in [-0.2, -0.15) is 13.2 Å². The summed E-state index contributed by atoms with van der Waals surface area (Å²) in [7, 11) is 0. The first kappa shape index (κ1) is 11.1. The normalized spacial score (nSPS) is 19.4. The zero-order valence-corrected chi connectivity index (χ0v) is 7.93. The second-order valence-electron chi connectivity index (χ2n) is 3.59. The van der Waals surface area contributed by atoms with E-state index in [2.05, 4.69) is 4.98 Å². The Morgan fingerprint density at radius 1 is 1.19 bits per heavy atom. The van der Waals surface area contributed by atoms with Gasteiger partial charge in [-0.25, -0.2) is 13.8 Å². The number of anilines is 1. The first-order valence-electron chi connectivity index (χ1n) is 4.45. The molecule has 2 nitrogen and oxygen atoms in total. The highest BCUT2D eigenvalue weighted by molar-refractivity contribution is 5.44. The third-order valence-corrected chi connectivity index (χ3v) is 2.19. The number of hydrogen-bond donors (Lipinski definition) is 0. The summed E-state index contributed by atoms with van der Waals surface area (Å²) in [5, 5.41) is 0. The van der Waals surface area contributed by atoms with E-state index in [0.29, 0.717) is 0 Å². The minimum absolute atomic E-state index is 0.0687. The molecule has 0 radical (unpaired) electrons. The molecular weight excluding hydrogens is 231 g/mol. The lowest BCUT2D eigenvalue weighted by atomic mass is 10.1. The van der Waals surface area contributed by atoms with Crippen molar-refractivity contribution in [2.45, 2.75) is 12.1 Å². The van der Waals surface area contributed by atoms with Gasteiger partial charge in [-0.05, 0) is 12.1 Å². The molecule has 0 amide bonds. The van der Waals surface area contributed by atoms with Crippen molar-refractivity contribution in [3.63, 3.8) is 0 Å². The van der Waals surface area contributed by atoms with Crippen LogP contribution < -0.4 is 4.90 Å². The first-order valence-corrected chi connectivity index (χ1v) is 4.45. The van der Waals surface area contributed by atoms with Crippen LogP contribution in [0.25, 0.3) is 0 Å². The van der Waals surface area contributed by atoms with Gasteiger partial charge in [0, 0.05) is 0 Å². The maximum Gasteiger partial charge on any atom is 0.433 e. The fraction of sp³-hybridized carbons (Fsp3) is 0.444. The van der Waals surface area contributed by atoms with Crippen molar-refractivity contribution in [3.05, 3.63) is 23.9 Å². The molecule has 1 aromatic heterocycles. The van der Waals surface area contributed by atoms with Crippen LogP contribution in [0.2, 0.25) is 0 Å².